The van der Waals surface area contributed by atoms with E-state index in [0.717, 1.165) is 6.20 Å². The van der Waals surface area contributed by atoms with Crippen LogP contribution in [0.15, 0.2) is 53.3 Å². The minimum Gasteiger partial charge on any atom is -0.624 e. The molecule has 1 aromatic carbocycles. The van der Waals surface area contributed by atoms with Crippen LogP contribution in [0.2, 0.25) is 0 Å². The van der Waals surface area contributed by atoms with Crippen molar-refractivity contribution in [3.63, 3.8) is 0 Å². The first-order valence-electron chi connectivity index (χ1n) is 10.3. The van der Waals surface area contributed by atoms with Crippen LogP contribution < -0.4 is 10.6 Å². The van der Waals surface area contributed by atoms with E-state index in [1.807, 2.05) is 0 Å². The third-order valence-electron chi connectivity index (χ3n) is 5.35. The van der Waals surface area contributed by atoms with Crippen molar-refractivity contribution in [1.82, 2.24) is 15.3 Å². The van der Waals surface area contributed by atoms with E-state index in [1.54, 1.807) is 19.1 Å². The summed E-state index contributed by atoms with van der Waals surface area (Å²) in [6.45, 7) is 1.82. The van der Waals surface area contributed by atoms with Gasteiger partial charge in [-0.05, 0) is 48.9 Å². The van der Waals surface area contributed by atoms with Gasteiger partial charge in [-0.1, -0.05) is 12.2 Å². The van der Waals surface area contributed by atoms with Crippen molar-refractivity contribution in [2.75, 3.05) is 18.9 Å². The number of hydrogen-bond acceptors (Lipinski definition) is 6. The molecule has 4 aromatic rings. The van der Waals surface area contributed by atoms with Gasteiger partial charge in [0.05, 0.1) is 31.4 Å². The Hall–Kier alpha value is -3.67. The van der Waals surface area contributed by atoms with E-state index in [-0.39, 0.29) is 29.6 Å². The van der Waals surface area contributed by atoms with Gasteiger partial charge in [0.25, 0.3) is 0 Å². The normalized spacial score (nSPS) is 13.0. The zero-order valence-corrected chi connectivity index (χ0v) is 19.1. The number of aromatic amines is 1. The van der Waals surface area contributed by atoms with Crippen LogP contribution in [0.1, 0.15) is 12.5 Å². The molecule has 176 valence electrons. The number of benzene rings is 1. The number of halogens is 2. The van der Waals surface area contributed by atoms with E-state index in [2.05, 4.69) is 20.6 Å². The maximum Gasteiger partial charge on any atom is 0.416 e. The van der Waals surface area contributed by atoms with Crippen molar-refractivity contribution in [3.05, 3.63) is 75.9 Å². The quantitative estimate of drug-likeness (QED) is 0.182. The van der Waals surface area contributed by atoms with Crippen molar-refractivity contribution in [1.29, 1.82) is 0 Å². The Morgan fingerprint density at radius 2 is 2.00 bits per heavy atom. The number of hydrogen-bond donors (Lipinski definition) is 3. The third kappa shape index (κ3) is 4.81. The fourth-order valence-corrected chi connectivity index (χ4v) is 3.61. The van der Waals surface area contributed by atoms with Crippen molar-refractivity contribution in [2.24, 2.45) is 0 Å². The maximum absolute atomic E-state index is 14.6. The Kier molecular flexibility index (Phi) is 6.42. The molecule has 34 heavy (non-hydrogen) atoms. The number of amides is 2. The number of quaternary nitrogens is 1. The topological polar surface area (TPSA) is 106 Å². The fourth-order valence-electron chi connectivity index (χ4n) is 3.35. The summed E-state index contributed by atoms with van der Waals surface area (Å²) in [5.41, 5.74) is 1.42. The lowest BCUT2D eigenvalue weighted by molar-refractivity contribution is -0.775. The third-order valence-corrected chi connectivity index (χ3v) is 5.57. The highest BCUT2D eigenvalue weighted by atomic mass is 32.1. The highest BCUT2D eigenvalue weighted by molar-refractivity contribution is 7.71. The number of furan rings is 1. The molecular weight excluding hydrogens is 464 g/mol. The number of pyridine rings is 2. The zero-order chi connectivity index (χ0) is 24.5. The van der Waals surface area contributed by atoms with E-state index in [0.29, 0.717) is 27.4 Å². The molecule has 0 spiro atoms. The minimum absolute atomic E-state index is 0.0933. The monoisotopic (exact) mass is 485 g/mol. The van der Waals surface area contributed by atoms with Gasteiger partial charge in [0.1, 0.15) is 33.5 Å². The Labute approximate surface area is 198 Å². The lowest BCUT2D eigenvalue weighted by Gasteiger charge is -2.33. The number of rotatable bonds is 6. The molecule has 8 nitrogen and oxygen atoms in total. The summed E-state index contributed by atoms with van der Waals surface area (Å²) in [5, 5.41) is 17.9. The summed E-state index contributed by atoms with van der Waals surface area (Å²) in [6, 6.07) is 8.31. The molecule has 3 aromatic heterocycles. The lowest BCUT2D eigenvalue weighted by atomic mass is 10.0. The Balaban J connectivity index is 1.60. The average Bonchev–Trinajstić information content (AvgIpc) is 3.30. The van der Waals surface area contributed by atoms with Crippen molar-refractivity contribution in [2.45, 2.75) is 13.5 Å². The van der Waals surface area contributed by atoms with Crippen LogP contribution in [-0.4, -0.2) is 34.2 Å². The fraction of sp³-hybridized carbons (Fsp3) is 0.174. The Morgan fingerprint density at radius 3 is 2.76 bits per heavy atom. The second kappa shape index (κ2) is 9.29. The summed E-state index contributed by atoms with van der Waals surface area (Å²) in [5.74, 6) is -0.332. The Morgan fingerprint density at radius 1 is 1.21 bits per heavy atom. The number of nitrogens with one attached hydrogen (secondary N) is 3. The molecule has 2 amide bonds. The van der Waals surface area contributed by atoms with Gasteiger partial charge in [-0.2, -0.15) is 0 Å². The molecule has 0 bridgehead atoms. The summed E-state index contributed by atoms with van der Waals surface area (Å²) < 4.78 is 33.4. The molecule has 0 fully saturated rings. The average molecular weight is 486 g/mol. The number of aromatic nitrogens is 2. The maximum atomic E-state index is 14.6. The first-order valence-corrected chi connectivity index (χ1v) is 10.8. The summed E-state index contributed by atoms with van der Waals surface area (Å²) >= 11 is 5.26. The molecule has 11 heteroatoms. The van der Waals surface area contributed by atoms with Crippen LogP contribution in [-0.2, 0) is 6.54 Å². The van der Waals surface area contributed by atoms with E-state index in [9.17, 15) is 18.8 Å². The molecule has 3 N–H and O–H groups in total. The predicted molar refractivity (Wildman–Crippen MR) is 127 cm³/mol. The van der Waals surface area contributed by atoms with Gasteiger partial charge in [-0.25, -0.2) is 18.6 Å². The first kappa shape index (κ1) is 23.5. The molecule has 0 aliphatic rings. The minimum atomic E-state index is -1.04. The molecule has 0 aliphatic heterocycles. The first-order chi connectivity index (χ1) is 16.2. The SMILES string of the molecule is CC[N+](C)([O-])C(=O)NCc1cc(Nc2cc(-c3ccc(F)c4ccoc34)c(F)cn2)[nH]c(=S)c1. The van der Waals surface area contributed by atoms with Gasteiger partial charge in [-0.3, -0.25) is 4.65 Å². The molecule has 0 radical (unpaired) electrons. The largest absolute Gasteiger partial charge is 0.624 e. The molecule has 3 heterocycles. The lowest BCUT2D eigenvalue weighted by Crippen LogP contribution is -2.49. The Bertz CT molecular complexity index is 1430. The predicted octanol–water partition coefficient (Wildman–Crippen LogP) is 5.75. The number of fused-ring (bicyclic) bond motifs is 1. The van der Waals surface area contributed by atoms with Crippen LogP contribution in [0.25, 0.3) is 22.1 Å². The summed E-state index contributed by atoms with van der Waals surface area (Å²) in [6.07, 6.45) is 2.39. The van der Waals surface area contributed by atoms with Gasteiger partial charge < -0.3 is 25.2 Å². The second-order valence-electron chi connectivity index (χ2n) is 7.78. The number of anilines is 2. The highest BCUT2D eigenvalue weighted by Crippen LogP contribution is 2.33. The van der Waals surface area contributed by atoms with Gasteiger partial charge in [0.2, 0.25) is 0 Å². The summed E-state index contributed by atoms with van der Waals surface area (Å²) in [7, 11) is 1.27. The van der Waals surface area contributed by atoms with Gasteiger partial charge in [-0.15, -0.1) is 0 Å². The number of urea groups is 1. The van der Waals surface area contributed by atoms with Gasteiger partial charge in [0, 0.05) is 17.7 Å². The van der Waals surface area contributed by atoms with Gasteiger partial charge >= 0.3 is 6.03 Å². The number of hydroxylamine groups is 3. The number of carbonyl (C=O) groups is 1. The second-order valence-corrected chi connectivity index (χ2v) is 8.21. The smallest absolute Gasteiger partial charge is 0.416 e. The molecule has 1 unspecified atom stereocenters. The molecule has 1 atom stereocenters. The van der Waals surface area contributed by atoms with Crippen LogP contribution in [0.5, 0.6) is 0 Å². The van der Waals surface area contributed by atoms with Crippen molar-refractivity contribution in [3.8, 4) is 11.1 Å². The summed E-state index contributed by atoms with van der Waals surface area (Å²) in [4.78, 5) is 19.1. The molecule has 4 rings (SSSR count). The number of H-pyrrole nitrogens is 1. The van der Waals surface area contributed by atoms with Crippen molar-refractivity contribution >= 4 is 40.9 Å². The highest BCUT2D eigenvalue weighted by Gasteiger charge is 2.19. The molecule has 0 aliphatic carbocycles. The number of carbonyl (C=O) groups excluding carboxylic acids is 1. The van der Waals surface area contributed by atoms with Crippen LogP contribution in [0.4, 0.5) is 25.2 Å². The molecular formula is C23H21F2N5O3S. The van der Waals surface area contributed by atoms with E-state index in [4.69, 9.17) is 16.6 Å². The number of nitrogens with zero attached hydrogens (tertiary/aromatic N) is 2. The zero-order valence-electron chi connectivity index (χ0n) is 18.3. The standard InChI is InChI=1S/C23H21F2N5O3S/c1-3-30(2,32)23(31)27-11-13-8-20(29-21(34)9-13)28-19-10-16(18(25)12-26-19)14-4-5-17(24)15-6-7-33-22(14)15/h4-10,12H,3,11H2,1-2H3,(H,27,31)(H2,26,28,29,34). The van der Waals surface area contributed by atoms with Crippen molar-refractivity contribution < 1.29 is 22.6 Å². The van der Waals surface area contributed by atoms with Gasteiger partial charge in [0.15, 0.2) is 0 Å². The van der Waals surface area contributed by atoms with E-state index in [1.165, 1.54) is 37.6 Å². The van der Waals surface area contributed by atoms with Crippen LogP contribution in [0, 0.1) is 21.5 Å². The van der Waals surface area contributed by atoms with E-state index >= 15 is 0 Å². The van der Waals surface area contributed by atoms with Crippen LogP contribution in [0.3, 0.4) is 0 Å². The van der Waals surface area contributed by atoms with Crippen LogP contribution >= 0.6 is 12.2 Å². The van der Waals surface area contributed by atoms with E-state index < -0.39 is 22.3 Å². The molecule has 0 saturated heterocycles. The molecule has 0 saturated carbocycles.